The number of hydrogen-bond donors (Lipinski definition) is 1. The molecule has 1 amide bonds. The average Bonchev–Trinajstić information content (AvgIpc) is 2.97. The fraction of sp³-hybridized carbons (Fsp3) is 0.357. The number of morpholine rings is 1. The van der Waals surface area contributed by atoms with Gasteiger partial charge in [0.05, 0.1) is 24.2 Å². The third kappa shape index (κ3) is 2.79. The Morgan fingerprint density at radius 3 is 2.71 bits per heavy atom. The van der Waals surface area contributed by atoms with Gasteiger partial charge in [0.25, 0.3) is 5.91 Å². The average molecular weight is 287 g/mol. The fourth-order valence-corrected chi connectivity index (χ4v) is 2.36. The summed E-state index contributed by atoms with van der Waals surface area (Å²) in [6.45, 7) is 1.84. The van der Waals surface area contributed by atoms with Crippen molar-refractivity contribution in [1.82, 2.24) is 15.0 Å². The zero-order valence-corrected chi connectivity index (χ0v) is 11.6. The van der Waals surface area contributed by atoms with Crippen molar-refractivity contribution in [2.45, 2.75) is 6.42 Å². The first kappa shape index (κ1) is 13.7. The lowest BCUT2D eigenvalue weighted by Crippen LogP contribution is -2.41. The molecule has 1 fully saturated rings. The maximum atomic E-state index is 11.8. The molecule has 0 bridgehead atoms. The highest BCUT2D eigenvalue weighted by molar-refractivity contribution is 5.94. The second-order valence-corrected chi connectivity index (χ2v) is 4.79. The van der Waals surface area contributed by atoms with Crippen LogP contribution in [0.1, 0.15) is 5.69 Å². The number of nitrogens with zero attached hydrogens (tertiary/aromatic N) is 4. The number of nitrogens with two attached hydrogens (primary N) is 1. The van der Waals surface area contributed by atoms with Crippen LogP contribution in [0.3, 0.4) is 0 Å². The number of anilines is 1. The Balaban J connectivity index is 1.83. The van der Waals surface area contributed by atoms with Gasteiger partial charge in [0.1, 0.15) is 6.61 Å². The van der Waals surface area contributed by atoms with Crippen molar-refractivity contribution < 1.29 is 9.53 Å². The minimum Gasteiger partial charge on any atom is -0.370 e. The number of aromatic nitrogens is 3. The van der Waals surface area contributed by atoms with Crippen LogP contribution in [-0.2, 0) is 16.0 Å². The number of carbonyl (C=O) groups excluding carboxylic acids is 1. The molecule has 0 saturated carbocycles. The Bertz CT molecular complexity index is 623. The van der Waals surface area contributed by atoms with Crippen LogP contribution in [0.4, 0.5) is 5.69 Å². The fourth-order valence-electron chi connectivity index (χ4n) is 2.36. The van der Waals surface area contributed by atoms with Crippen LogP contribution in [-0.4, -0.2) is 47.2 Å². The third-order valence-corrected chi connectivity index (χ3v) is 3.41. The topological polar surface area (TPSA) is 86.3 Å². The van der Waals surface area contributed by atoms with Crippen molar-refractivity contribution in [3.63, 3.8) is 0 Å². The lowest BCUT2D eigenvalue weighted by atomic mass is 10.2. The van der Waals surface area contributed by atoms with E-state index in [-0.39, 0.29) is 12.5 Å². The number of ether oxygens (including phenoxy) is 1. The summed E-state index contributed by atoms with van der Waals surface area (Å²) in [6, 6.07) is 7.67. The largest absolute Gasteiger partial charge is 0.370 e. The molecule has 2 aromatic rings. The van der Waals surface area contributed by atoms with Gasteiger partial charge in [0.15, 0.2) is 0 Å². The Kier molecular flexibility index (Phi) is 3.94. The summed E-state index contributed by atoms with van der Waals surface area (Å²) >= 11 is 0. The smallest absolute Gasteiger partial charge is 0.253 e. The van der Waals surface area contributed by atoms with Gasteiger partial charge in [0.2, 0.25) is 0 Å². The quantitative estimate of drug-likeness (QED) is 0.864. The van der Waals surface area contributed by atoms with E-state index in [0.29, 0.717) is 19.7 Å². The normalized spacial score (nSPS) is 15.5. The molecule has 0 unspecified atom stereocenters. The van der Waals surface area contributed by atoms with E-state index in [1.807, 2.05) is 24.3 Å². The highest BCUT2D eigenvalue weighted by atomic mass is 16.5. The Hall–Kier alpha value is -2.25. The second-order valence-electron chi connectivity index (χ2n) is 4.79. The van der Waals surface area contributed by atoms with E-state index in [4.69, 9.17) is 10.5 Å². The predicted molar refractivity (Wildman–Crippen MR) is 77.3 cm³/mol. The van der Waals surface area contributed by atoms with Crippen LogP contribution < -0.4 is 10.6 Å². The van der Waals surface area contributed by atoms with Crippen LogP contribution in [0.15, 0.2) is 30.5 Å². The van der Waals surface area contributed by atoms with Gasteiger partial charge in [-0.15, -0.1) is 5.10 Å². The van der Waals surface area contributed by atoms with E-state index < -0.39 is 0 Å². The van der Waals surface area contributed by atoms with E-state index in [9.17, 15) is 4.79 Å². The molecule has 0 atom stereocenters. The number of amides is 1. The molecule has 1 saturated heterocycles. The minimum absolute atomic E-state index is 0.0152. The highest BCUT2D eigenvalue weighted by Gasteiger charge is 2.20. The van der Waals surface area contributed by atoms with Gasteiger partial charge in [-0.3, -0.25) is 4.79 Å². The molecule has 2 N–H and O–H groups in total. The highest BCUT2D eigenvalue weighted by Crippen LogP contribution is 2.19. The molecular formula is C14H17N5O2. The molecule has 0 spiro atoms. The van der Waals surface area contributed by atoms with Gasteiger partial charge in [0, 0.05) is 18.7 Å². The number of hydrogen-bond acceptors (Lipinski definition) is 5. The third-order valence-electron chi connectivity index (χ3n) is 3.41. The monoisotopic (exact) mass is 287 g/mol. The van der Waals surface area contributed by atoms with E-state index in [0.717, 1.165) is 23.5 Å². The predicted octanol–water partition coefficient (Wildman–Crippen LogP) is 0.132. The van der Waals surface area contributed by atoms with Crippen LogP contribution in [0.2, 0.25) is 0 Å². The molecule has 1 aromatic heterocycles. The number of carbonyl (C=O) groups is 1. The SMILES string of the molecule is NCCc1cnnn1-c1ccc(N2CCOCC2=O)cc1. The minimum atomic E-state index is -0.0152. The first-order valence-electron chi connectivity index (χ1n) is 6.88. The summed E-state index contributed by atoms with van der Waals surface area (Å²) in [4.78, 5) is 13.5. The van der Waals surface area contributed by atoms with Gasteiger partial charge in [-0.25, -0.2) is 4.68 Å². The van der Waals surface area contributed by atoms with Gasteiger partial charge in [-0.1, -0.05) is 5.21 Å². The Morgan fingerprint density at radius 2 is 2.00 bits per heavy atom. The first-order valence-corrected chi connectivity index (χ1v) is 6.88. The first-order chi connectivity index (χ1) is 10.3. The molecule has 1 aliphatic heterocycles. The van der Waals surface area contributed by atoms with Crippen molar-refractivity contribution in [3.05, 3.63) is 36.2 Å². The number of rotatable bonds is 4. The molecule has 7 nitrogen and oxygen atoms in total. The van der Waals surface area contributed by atoms with Crippen molar-refractivity contribution >= 4 is 11.6 Å². The zero-order chi connectivity index (χ0) is 14.7. The van der Waals surface area contributed by atoms with Gasteiger partial charge in [-0.2, -0.15) is 0 Å². The maximum absolute atomic E-state index is 11.8. The zero-order valence-electron chi connectivity index (χ0n) is 11.6. The van der Waals surface area contributed by atoms with Crippen LogP contribution in [0.5, 0.6) is 0 Å². The molecule has 0 aliphatic carbocycles. The molecular weight excluding hydrogens is 270 g/mol. The summed E-state index contributed by atoms with van der Waals surface area (Å²) < 4.78 is 6.89. The van der Waals surface area contributed by atoms with Gasteiger partial charge >= 0.3 is 0 Å². The van der Waals surface area contributed by atoms with E-state index in [1.165, 1.54) is 0 Å². The lowest BCUT2D eigenvalue weighted by Gasteiger charge is -2.26. The number of benzene rings is 1. The van der Waals surface area contributed by atoms with Crippen LogP contribution in [0.25, 0.3) is 5.69 Å². The standard InChI is InChI=1S/C14H17N5O2/c15-6-5-13-9-16-17-19(13)12-3-1-11(2-4-12)18-7-8-21-10-14(18)20/h1-4,9H,5-8,10,15H2. The second kappa shape index (κ2) is 6.02. The molecule has 21 heavy (non-hydrogen) atoms. The Labute approximate surface area is 122 Å². The summed E-state index contributed by atoms with van der Waals surface area (Å²) in [5.41, 5.74) is 8.32. The van der Waals surface area contributed by atoms with Crippen LogP contribution >= 0.6 is 0 Å². The van der Waals surface area contributed by atoms with E-state index in [2.05, 4.69) is 10.3 Å². The molecule has 0 radical (unpaired) electrons. The summed E-state index contributed by atoms with van der Waals surface area (Å²) in [7, 11) is 0. The summed E-state index contributed by atoms with van der Waals surface area (Å²) in [5, 5.41) is 7.99. The van der Waals surface area contributed by atoms with Gasteiger partial charge < -0.3 is 15.4 Å². The van der Waals surface area contributed by atoms with Crippen molar-refractivity contribution in [2.75, 3.05) is 31.2 Å². The molecule has 1 aromatic carbocycles. The molecule has 2 heterocycles. The van der Waals surface area contributed by atoms with Crippen LogP contribution in [0, 0.1) is 0 Å². The van der Waals surface area contributed by atoms with E-state index in [1.54, 1.807) is 15.8 Å². The molecule has 7 heteroatoms. The summed E-state index contributed by atoms with van der Waals surface area (Å²) in [6.07, 6.45) is 2.43. The van der Waals surface area contributed by atoms with E-state index >= 15 is 0 Å². The summed E-state index contributed by atoms with van der Waals surface area (Å²) in [5.74, 6) is -0.0152. The lowest BCUT2D eigenvalue weighted by molar-refractivity contribution is -0.125. The van der Waals surface area contributed by atoms with Crippen molar-refractivity contribution in [1.29, 1.82) is 0 Å². The Morgan fingerprint density at radius 1 is 1.24 bits per heavy atom. The van der Waals surface area contributed by atoms with Gasteiger partial charge in [-0.05, 0) is 30.8 Å². The van der Waals surface area contributed by atoms with Crippen molar-refractivity contribution in [3.8, 4) is 5.69 Å². The molecule has 110 valence electrons. The maximum Gasteiger partial charge on any atom is 0.253 e. The molecule has 3 rings (SSSR count). The van der Waals surface area contributed by atoms with Crippen molar-refractivity contribution in [2.24, 2.45) is 5.73 Å². The molecule has 1 aliphatic rings.